The van der Waals surface area contributed by atoms with Gasteiger partial charge in [-0.1, -0.05) is 24.3 Å². The van der Waals surface area contributed by atoms with Crippen LogP contribution in [0.15, 0.2) is 29.3 Å². The van der Waals surface area contributed by atoms with Gasteiger partial charge in [0.05, 0.1) is 0 Å². The van der Waals surface area contributed by atoms with Gasteiger partial charge in [0, 0.05) is 11.8 Å². The first-order valence-electron chi connectivity index (χ1n) is 3.71. The number of benzene rings is 1. The van der Waals surface area contributed by atoms with E-state index in [2.05, 4.69) is 4.99 Å². The number of nitrogens with two attached hydrogens (primary N) is 1. The van der Waals surface area contributed by atoms with Gasteiger partial charge in [0.1, 0.15) is 12.2 Å². The molecule has 0 saturated carbocycles. The van der Waals surface area contributed by atoms with E-state index in [4.69, 9.17) is 16.6 Å². The monoisotopic (exact) mass is 174 g/mol. The molecule has 1 aromatic carbocycles. The van der Waals surface area contributed by atoms with Gasteiger partial charge in [-0.3, -0.25) is 5.41 Å². The average molecular weight is 174 g/mol. The molecule has 13 heavy (non-hydrogen) atoms. The first-order chi connectivity index (χ1) is 6.27. The highest BCUT2D eigenvalue weighted by Crippen LogP contribution is 2.01. The van der Waals surface area contributed by atoms with Gasteiger partial charge in [0.25, 0.3) is 0 Å². The summed E-state index contributed by atoms with van der Waals surface area (Å²) in [5.41, 5.74) is 7.11. The molecule has 0 saturated heterocycles. The minimum Gasteiger partial charge on any atom is -0.383 e. The summed E-state index contributed by atoms with van der Waals surface area (Å²) in [4.78, 5) is 3.63. The Kier molecular flexibility index (Phi) is 2.92. The van der Waals surface area contributed by atoms with Gasteiger partial charge in [-0.15, -0.1) is 0 Å². The zero-order valence-electron chi connectivity index (χ0n) is 6.99. The van der Waals surface area contributed by atoms with Crippen LogP contribution < -0.4 is 5.73 Å². The lowest BCUT2D eigenvalue weighted by Crippen LogP contribution is -2.13. The van der Waals surface area contributed by atoms with Crippen LogP contribution in [-0.4, -0.2) is 18.4 Å². The molecular weight excluding hydrogens is 164 g/mol. The Morgan fingerprint density at radius 1 is 1.23 bits per heavy atom. The lowest BCUT2D eigenvalue weighted by atomic mass is 10.1. The maximum atomic E-state index is 6.98. The van der Waals surface area contributed by atoms with E-state index in [-0.39, 0.29) is 0 Å². The average Bonchev–Trinajstić information content (AvgIpc) is 2.18. The summed E-state index contributed by atoms with van der Waals surface area (Å²) in [5, 5.41) is 13.7. The van der Waals surface area contributed by atoms with Gasteiger partial charge >= 0.3 is 0 Å². The number of nitrogens with zero attached hydrogens (tertiary/aromatic N) is 1. The summed E-state index contributed by atoms with van der Waals surface area (Å²) in [6.07, 6.45) is 2.16. The van der Waals surface area contributed by atoms with Crippen LogP contribution in [-0.2, 0) is 0 Å². The minimum absolute atomic E-state index is 0.312. The van der Waals surface area contributed by atoms with Crippen molar-refractivity contribution in [2.24, 2.45) is 10.7 Å². The molecule has 4 N–H and O–H groups in total. The number of aliphatic imine (C=N–C) groups is 1. The van der Waals surface area contributed by atoms with E-state index in [1.54, 1.807) is 24.3 Å². The number of nitrogens with one attached hydrogen (secondary N) is 2. The summed E-state index contributed by atoms with van der Waals surface area (Å²) < 4.78 is 0. The Morgan fingerprint density at radius 2 is 1.85 bits per heavy atom. The van der Waals surface area contributed by atoms with Crippen molar-refractivity contribution >= 4 is 18.4 Å². The molecule has 0 unspecified atom stereocenters. The van der Waals surface area contributed by atoms with Crippen LogP contribution in [0.2, 0.25) is 0 Å². The van der Waals surface area contributed by atoms with Crippen molar-refractivity contribution in [1.29, 1.82) is 10.8 Å². The van der Waals surface area contributed by atoms with E-state index in [1.165, 1.54) is 6.21 Å². The standard InChI is InChI=1S/C9H10N4/c10-5-7-1-3-8(4-2-7)9(12)13-6-11/h1-6,10H,(H3,11,12,13). The fraction of sp³-hybridized carbons (Fsp3) is 0. The van der Waals surface area contributed by atoms with Crippen LogP contribution in [0.1, 0.15) is 11.1 Å². The second kappa shape index (κ2) is 4.15. The van der Waals surface area contributed by atoms with E-state index >= 15 is 0 Å². The van der Waals surface area contributed by atoms with Crippen molar-refractivity contribution in [2.45, 2.75) is 0 Å². The second-order valence-corrected chi connectivity index (χ2v) is 2.41. The molecule has 4 nitrogen and oxygen atoms in total. The summed E-state index contributed by atoms with van der Waals surface area (Å²) >= 11 is 0. The van der Waals surface area contributed by atoms with Crippen molar-refractivity contribution < 1.29 is 0 Å². The highest BCUT2D eigenvalue weighted by molar-refractivity contribution is 6.01. The van der Waals surface area contributed by atoms with Gasteiger partial charge in [0.15, 0.2) is 0 Å². The van der Waals surface area contributed by atoms with Crippen LogP contribution in [0.4, 0.5) is 0 Å². The zero-order chi connectivity index (χ0) is 9.68. The second-order valence-electron chi connectivity index (χ2n) is 2.41. The largest absolute Gasteiger partial charge is 0.383 e. The molecule has 0 spiro atoms. The summed E-state index contributed by atoms with van der Waals surface area (Å²) in [7, 11) is 0. The molecule has 0 amide bonds. The van der Waals surface area contributed by atoms with Gasteiger partial charge in [-0.05, 0) is 5.56 Å². The number of hydrogen-bond donors (Lipinski definition) is 3. The highest BCUT2D eigenvalue weighted by atomic mass is 14.9. The predicted octanol–water partition coefficient (Wildman–Crippen LogP) is 0.997. The molecular formula is C9H10N4. The molecule has 0 aliphatic heterocycles. The summed E-state index contributed by atoms with van der Waals surface area (Å²) in [5.74, 6) is 0.312. The van der Waals surface area contributed by atoms with Crippen LogP contribution in [0, 0.1) is 10.8 Å². The molecule has 0 radical (unpaired) electrons. The van der Waals surface area contributed by atoms with Crippen LogP contribution in [0.25, 0.3) is 0 Å². The molecule has 1 rings (SSSR count). The quantitative estimate of drug-likeness (QED) is 0.463. The summed E-state index contributed by atoms with van der Waals surface area (Å²) in [6, 6.07) is 7.08. The van der Waals surface area contributed by atoms with Gasteiger partial charge in [-0.25, -0.2) is 4.99 Å². The van der Waals surface area contributed by atoms with E-state index < -0.39 is 0 Å². The number of hydrogen-bond acceptors (Lipinski definition) is 2. The first kappa shape index (κ1) is 9.12. The van der Waals surface area contributed by atoms with E-state index in [1.807, 2.05) is 0 Å². The molecule has 1 aromatic rings. The molecule has 66 valence electrons. The Labute approximate surface area is 76.1 Å². The third-order valence-corrected chi connectivity index (χ3v) is 1.58. The van der Waals surface area contributed by atoms with Crippen LogP contribution >= 0.6 is 0 Å². The third-order valence-electron chi connectivity index (χ3n) is 1.58. The molecule has 4 heteroatoms. The Hall–Kier alpha value is -1.97. The van der Waals surface area contributed by atoms with Gasteiger partial charge in [-0.2, -0.15) is 0 Å². The van der Waals surface area contributed by atoms with E-state index in [0.29, 0.717) is 5.84 Å². The minimum atomic E-state index is 0.312. The van der Waals surface area contributed by atoms with Crippen LogP contribution in [0.3, 0.4) is 0 Å². The Balaban J connectivity index is 2.98. The normalized spacial score (nSPS) is 10.9. The molecule has 0 heterocycles. The fourth-order valence-corrected chi connectivity index (χ4v) is 0.894. The van der Waals surface area contributed by atoms with Crippen molar-refractivity contribution in [3.8, 4) is 0 Å². The van der Waals surface area contributed by atoms with Gasteiger partial charge < -0.3 is 11.1 Å². The zero-order valence-corrected chi connectivity index (χ0v) is 6.99. The van der Waals surface area contributed by atoms with E-state index in [9.17, 15) is 0 Å². The number of rotatable bonds is 3. The smallest absolute Gasteiger partial charge is 0.132 e. The lowest BCUT2D eigenvalue weighted by molar-refractivity contribution is 1.47. The maximum Gasteiger partial charge on any atom is 0.132 e. The molecule has 0 atom stereocenters. The summed E-state index contributed by atoms with van der Waals surface area (Å²) in [6.45, 7) is 0. The molecule has 0 fully saturated rings. The third kappa shape index (κ3) is 2.23. The van der Waals surface area contributed by atoms with Crippen molar-refractivity contribution in [1.82, 2.24) is 0 Å². The van der Waals surface area contributed by atoms with Gasteiger partial charge in [0.2, 0.25) is 0 Å². The Morgan fingerprint density at radius 3 is 2.31 bits per heavy atom. The molecule has 0 aliphatic rings. The maximum absolute atomic E-state index is 6.98. The highest BCUT2D eigenvalue weighted by Gasteiger charge is 1.95. The van der Waals surface area contributed by atoms with E-state index in [0.717, 1.165) is 17.5 Å². The fourth-order valence-electron chi connectivity index (χ4n) is 0.894. The van der Waals surface area contributed by atoms with Crippen LogP contribution in [0.5, 0.6) is 0 Å². The van der Waals surface area contributed by atoms with Crippen molar-refractivity contribution in [3.63, 3.8) is 0 Å². The number of amidine groups is 1. The Bertz CT molecular complexity index is 337. The van der Waals surface area contributed by atoms with Crippen molar-refractivity contribution in [2.75, 3.05) is 0 Å². The predicted molar refractivity (Wildman–Crippen MR) is 53.8 cm³/mol. The molecule has 0 aliphatic carbocycles. The molecule has 0 aromatic heterocycles. The first-order valence-corrected chi connectivity index (χ1v) is 3.71. The van der Waals surface area contributed by atoms with Crippen molar-refractivity contribution in [3.05, 3.63) is 35.4 Å². The lowest BCUT2D eigenvalue weighted by Gasteiger charge is -1.98. The molecule has 0 bridgehead atoms. The topological polar surface area (TPSA) is 86.1 Å². The SMILES string of the molecule is N=CN=C(N)c1ccc(C=N)cc1.